The third-order valence-electron chi connectivity index (χ3n) is 4.57. The van der Waals surface area contributed by atoms with E-state index in [0.717, 1.165) is 55.4 Å². The van der Waals surface area contributed by atoms with Crippen molar-refractivity contribution in [2.45, 2.75) is 39.5 Å². The predicted octanol–water partition coefficient (Wildman–Crippen LogP) is 5.01. The van der Waals surface area contributed by atoms with Gasteiger partial charge < -0.3 is 4.90 Å². The van der Waals surface area contributed by atoms with E-state index < -0.39 is 10.0 Å². The van der Waals surface area contributed by atoms with Gasteiger partial charge in [-0.25, -0.2) is 8.42 Å². The molecule has 0 saturated carbocycles. The lowest BCUT2D eigenvalue weighted by Gasteiger charge is -2.25. The predicted molar refractivity (Wildman–Crippen MR) is 123 cm³/mol. The van der Waals surface area contributed by atoms with Crippen LogP contribution in [0.2, 0.25) is 0 Å². The van der Waals surface area contributed by atoms with Crippen molar-refractivity contribution in [3.8, 4) is 0 Å². The van der Waals surface area contributed by atoms with E-state index in [0.29, 0.717) is 5.56 Å². The first-order chi connectivity index (χ1) is 13.9. The van der Waals surface area contributed by atoms with Crippen LogP contribution in [-0.4, -0.2) is 27.3 Å². The van der Waals surface area contributed by atoms with Crippen LogP contribution in [0.15, 0.2) is 60.0 Å². The molecular formula is C23H31N3O2S. The maximum atomic E-state index is 12.3. The van der Waals surface area contributed by atoms with Crippen LogP contribution in [0.3, 0.4) is 0 Å². The summed E-state index contributed by atoms with van der Waals surface area (Å²) in [4.78, 5) is 2.35. The number of unbranched alkanes of at least 4 members (excludes halogenated alkanes) is 2. The van der Waals surface area contributed by atoms with Crippen LogP contribution in [0, 0.1) is 5.41 Å². The van der Waals surface area contributed by atoms with Gasteiger partial charge in [-0.3, -0.25) is 10.1 Å². The minimum Gasteiger partial charge on any atom is -0.372 e. The Morgan fingerprint density at radius 3 is 2.10 bits per heavy atom. The normalized spacial score (nSPS) is 11.5. The molecule has 29 heavy (non-hydrogen) atoms. The maximum Gasteiger partial charge on any atom is 0.256 e. The summed E-state index contributed by atoms with van der Waals surface area (Å²) in [6, 6.07) is 16.7. The van der Waals surface area contributed by atoms with Gasteiger partial charge in [0.15, 0.2) is 0 Å². The highest BCUT2D eigenvalue weighted by Crippen LogP contribution is 2.17. The summed E-state index contributed by atoms with van der Waals surface area (Å²) < 4.78 is 26.8. The average Bonchev–Trinajstić information content (AvgIpc) is 2.73. The molecule has 0 radical (unpaired) electrons. The molecule has 2 aromatic carbocycles. The first-order valence-electron chi connectivity index (χ1n) is 10.1. The van der Waals surface area contributed by atoms with E-state index >= 15 is 0 Å². The molecule has 0 heterocycles. The lowest BCUT2D eigenvalue weighted by Crippen LogP contribution is -2.29. The number of benzene rings is 2. The van der Waals surface area contributed by atoms with Gasteiger partial charge in [0.2, 0.25) is 0 Å². The van der Waals surface area contributed by atoms with E-state index in [1.165, 1.54) is 6.08 Å². The van der Waals surface area contributed by atoms with Crippen LogP contribution in [0.5, 0.6) is 0 Å². The lowest BCUT2D eigenvalue weighted by atomic mass is 10.1. The molecule has 2 N–H and O–H groups in total. The molecule has 0 aliphatic carbocycles. The van der Waals surface area contributed by atoms with Crippen molar-refractivity contribution in [3.05, 3.63) is 71.1 Å². The van der Waals surface area contributed by atoms with E-state index in [1.807, 2.05) is 42.5 Å². The van der Waals surface area contributed by atoms with Gasteiger partial charge in [0.25, 0.3) is 10.0 Å². The van der Waals surface area contributed by atoms with Crippen LogP contribution in [0.25, 0.3) is 6.08 Å². The van der Waals surface area contributed by atoms with Crippen molar-refractivity contribution in [3.63, 3.8) is 0 Å². The Labute approximate surface area is 175 Å². The molecule has 2 rings (SSSR count). The Morgan fingerprint density at radius 2 is 1.55 bits per heavy atom. The van der Waals surface area contributed by atoms with Gasteiger partial charge >= 0.3 is 0 Å². The van der Waals surface area contributed by atoms with Crippen molar-refractivity contribution in [1.82, 2.24) is 4.72 Å². The number of nitrogens with zero attached hydrogens (tertiary/aromatic N) is 1. The smallest absolute Gasteiger partial charge is 0.256 e. The highest BCUT2D eigenvalue weighted by Gasteiger charge is 2.11. The Morgan fingerprint density at radius 1 is 0.966 bits per heavy atom. The molecule has 0 unspecified atom stereocenters. The van der Waals surface area contributed by atoms with E-state index in [-0.39, 0.29) is 5.84 Å². The first-order valence-corrected chi connectivity index (χ1v) is 11.7. The standard InChI is InChI=1S/C23H31N3O2S/c1-3-5-17-26(18-6-4-2)22-14-12-21(13-15-22)23(24)25-29(27,28)19-16-20-10-8-7-9-11-20/h7-16,19H,3-6,17-18H2,1-2H3,(H2,24,25). The summed E-state index contributed by atoms with van der Waals surface area (Å²) in [6.45, 7) is 6.37. The number of hydrogen-bond donors (Lipinski definition) is 2. The SMILES string of the molecule is CCCCN(CCCC)c1ccc(C(=N)NS(=O)(=O)C=Cc2ccccc2)cc1. The molecule has 0 aliphatic rings. The Bertz CT molecular complexity index is 883. The fourth-order valence-corrected chi connectivity index (χ4v) is 3.68. The molecular weight excluding hydrogens is 382 g/mol. The summed E-state index contributed by atoms with van der Waals surface area (Å²) >= 11 is 0. The van der Waals surface area contributed by atoms with Crippen LogP contribution in [-0.2, 0) is 10.0 Å². The number of sulfonamides is 1. The Balaban J connectivity index is 2.04. The van der Waals surface area contributed by atoms with Gasteiger partial charge in [0.05, 0.1) is 5.41 Å². The van der Waals surface area contributed by atoms with Crippen LogP contribution < -0.4 is 9.62 Å². The molecule has 6 heteroatoms. The van der Waals surface area contributed by atoms with E-state index in [9.17, 15) is 8.42 Å². The number of anilines is 1. The average molecular weight is 414 g/mol. The minimum atomic E-state index is -3.74. The second-order valence-electron chi connectivity index (χ2n) is 6.98. The fraction of sp³-hybridized carbons (Fsp3) is 0.348. The molecule has 5 nitrogen and oxygen atoms in total. The van der Waals surface area contributed by atoms with Crippen molar-refractivity contribution < 1.29 is 8.42 Å². The molecule has 0 atom stereocenters. The molecule has 0 bridgehead atoms. The van der Waals surface area contributed by atoms with Crippen LogP contribution in [0.1, 0.15) is 50.7 Å². The quantitative estimate of drug-likeness (QED) is 0.402. The summed E-state index contributed by atoms with van der Waals surface area (Å²) in [7, 11) is -3.74. The van der Waals surface area contributed by atoms with Crippen LogP contribution >= 0.6 is 0 Å². The van der Waals surface area contributed by atoms with Gasteiger partial charge in [0, 0.05) is 24.3 Å². The fourth-order valence-electron chi connectivity index (χ4n) is 2.87. The van der Waals surface area contributed by atoms with Gasteiger partial charge in [-0.2, -0.15) is 0 Å². The van der Waals surface area contributed by atoms with Gasteiger partial charge in [-0.15, -0.1) is 0 Å². The third kappa shape index (κ3) is 7.74. The maximum absolute atomic E-state index is 12.3. The highest BCUT2D eigenvalue weighted by molar-refractivity contribution is 7.93. The minimum absolute atomic E-state index is 0.136. The highest BCUT2D eigenvalue weighted by atomic mass is 32.2. The van der Waals surface area contributed by atoms with Gasteiger partial charge in [0.1, 0.15) is 5.84 Å². The molecule has 156 valence electrons. The number of amidine groups is 1. The topological polar surface area (TPSA) is 73.3 Å². The largest absolute Gasteiger partial charge is 0.372 e. The number of rotatable bonds is 11. The van der Waals surface area contributed by atoms with Crippen molar-refractivity contribution in [1.29, 1.82) is 5.41 Å². The Hall–Kier alpha value is -2.60. The van der Waals surface area contributed by atoms with Crippen molar-refractivity contribution >= 4 is 27.6 Å². The lowest BCUT2D eigenvalue weighted by molar-refractivity contribution is 0.601. The molecule has 0 fully saturated rings. The van der Waals surface area contributed by atoms with Crippen LogP contribution in [0.4, 0.5) is 5.69 Å². The first kappa shape index (κ1) is 22.7. The van der Waals surface area contributed by atoms with Crippen molar-refractivity contribution in [2.75, 3.05) is 18.0 Å². The number of hydrogen-bond acceptors (Lipinski definition) is 4. The van der Waals surface area contributed by atoms with E-state index in [2.05, 4.69) is 23.5 Å². The second kappa shape index (κ2) is 11.4. The monoisotopic (exact) mass is 413 g/mol. The molecule has 0 amide bonds. The number of nitrogens with one attached hydrogen (secondary N) is 2. The molecule has 0 spiro atoms. The van der Waals surface area contributed by atoms with Gasteiger partial charge in [-0.1, -0.05) is 57.0 Å². The van der Waals surface area contributed by atoms with Crippen molar-refractivity contribution in [2.24, 2.45) is 0 Å². The zero-order valence-corrected chi connectivity index (χ0v) is 18.1. The zero-order chi connectivity index (χ0) is 21.1. The van der Waals surface area contributed by atoms with E-state index in [1.54, 1.807) is 12.1 Å². The summed E-state index contributed by atoms with van der Waals surface area (Å²) in [5.41, 5.74) is 2.43. The van der Waals surface area contributed by atoms with E-state index in [4.69, 9.17) is 5.41 Å². The third-order valence-corrected chi connectivity index (χ3v) is 5.55. The molecule has 0 aromatic heterocycles. The summed E-state index contributed by atoms with van der Waals surface area (Å²) in [6.07, 6.45) is 6.06. The molecule has 0 saturated heterocycles. The molecule has 0 aliphatic heterocycles. The summed E-state index contributed by atoms with van der Waals surface area (Å²) in [5, 5.41) is 9.22. The Kier molecular flexibility index (Phi) is 8.93. The second-order valence-corrected chi connectivity index (χ2v) is 8.54. The summed E-state index contributed by atoms with van der Waals surface area (Å²) in [5.74, 6) is -0.136. The van der Waals surface area contributed by atoms with Gasteiger partial charge in [-0.05, 0) is 48.7 Å². The molecule has 2 aromatic rings. The zero-order valence-electron chi connectivity index (χ0n) is 17.3.